The second kappa shape index (κ2) is 7.31. The predicted octanol–water partition coefficient (Wildman–Crippen LogP) is 1.61. The molecule has 24 heavy (non-hydrogen) atoms. The van der Waals surface area contributed by atoms with Gasteiger partial charge >= 0.3 is 5.97 Å². The molecule has 0 aromatic carbocycles. The van der Waals surface area contributed by atoms with Crippen LogP contribution in [0, 0.1) is 20.8 Å². The van der Waals surface area contributed by atoms with E-state index >= 15 is 0 Å². The SMILES string of the molecule is COCCC(NC(=O)c1cc(C)n(-c2cc(C)on2)c1C)C(=O)O. The summed E-state index contributed by atoms with van der Waals surface area (Å²) in [5.74, 6) is -0.302. The number of hydrogen-bond donors (Lipinski definition) is 2. The van der Waals surface area contributed by atoms with Crippen LogP contribution in [-0.2, 0) is 9.53 Å². The molecule has 0 spiro atoms. The van der Waals surface area contributed by atoms with Gasteiger partial charge in [-0.15, -0.1) is 0 Å². The van der Waals surface area contributed by atoms with Gasteiger partial charge in [0.25, 0.3) is 5.91 Å². The van der Waals surface area contributed by atoms with E-state index < -0.39 is 17.9 Å². The first-order valence-corrected chi connectivity index (χ1v) is 7.50. The molecule has 0 saturated heterocycles. The number of carbonyl (C=O) groups is 2. The van der Waals surface area contributed by atoms with E-state index in [4.69, 9.17) is 9.26 Å². The van der Waals surface area contributed by atoms with Crippen molar-refractivity contribution >= 4 is 11.9 Å². The minimum atomic E-state index is -1.10. The van der Waals surface area contributed by atoms with Crippen molar-refractivity contribution in [2.45, 2.75) is 33.2 Å². The number of amides is 1. The van der Waals surface area contributed by atoms with Gasteiger partial charge in [-0.2, -0.15) is 0 Å². The molecule has 0 bridgehead atoms. The summed E-state index contributed by atoms with van der Waals surface area (Å²) in [5, 5.41) is 15.7. The lowest BCUT2D eigenvalue weighted by molar-refractivity contribution is -0.139. The Labute approximate surface area is 139 Å². The highest BCUT2D eigenvalue weighted by Gasteiger charge is 2.24. The largest absolute Gasteiger partial charge is 0.480 e. The molecule has 0 saturated carbocycles. The summed E-state index contributed by atoms with van der Waals surface area (Å²) in [5.41, 5.74) is 1.86. The van der Waals surface area contributed by atoms with E-state index in [0.717, 1.165) is 5.69 Å². The number of aromatic nitrogens is 2. The first kappa shape index (κ1) is 17.7. The number of aryl methyl sites for hydroxylation is 2. The van der Waals surface area contributed by atoms with Crippen molar-refractivity contribution in [3.05, 3.63) is 34.8 Å². The number of ether oxygens (including phenoxy) is 1. The fraction of sp³-hybridized carbons (Fsp3) is 0.438. The lowest BCUT2D eigenvalue weighted by Crippen LogP contribution is -2.41. The van der Waals surface area contributed by atoms with Crippen molar-refractivity contribution in [1.29, 1.82) is 0 Å². The van der Waals surface area contributed by atoms with Crippen LogP contribution in [0.2, 0.25) is 0 Å². The topological polar surface area (TPSA) is 107 Å². The molecule has 0 aliphatic carbocycles. The second-order valence-corrected chi connectivity index (χ2v) is 5.56. The molecule has 8 nitrogen and oxygen atoms in total. The Morgan fingerprint density at radius 3 is 2.62 bits per heavy atom. The van der Waals surface area contributed by atoms with Gasteiger partial charge in [0.15, 0.2) is 5.82 Å². The average molecular weight is 335 g/mol. The molecule has 2 rings (SSSR count). The number of aliphatic carboxylic acids is 1. The van der Waals surface area contributed by atoms with Crippen LogP contribution in [0.25, 0.3) is 5.82 Å². The molecule has 1 atom stereocenters. The van der Waals surface area contributed by atoms with E-state index in [0.29, 0.717) is 22.8 Å². The molecule has 2 heterocycles. The van der Waals surface area contributed by atoms with E-state index in [-0.39, 0.29) is 13.0 Å². The Kier molecular flexibility index (Phi) is 5.40. The third-order valence-electron chi connectivity index (χ3n) is 3.73. The molecule has 0 radical (unpaired) electrons. The second-order valence-electron chi connectivity index (χ2n) is 5.56. The molecule has 2 aromatic heterocycles. The highest BCUT2D eigenvalue weighted by molar-refractivity contribution is 5.98. The van der Waals surface area contributed by atoms with Crippen LogP contribution < -0.4 is 5.32 Å². The first-order chi connectivity index (χ1) is 11.3. The van der Waals surface area contributed by atoms with Crippen LogP contribution in [0.15, 0.2) is 16.7 Å². The molecule has 130 valence electrons. The van der Waals surface area contributed by atoms with Crippen LogP contribution in [0.4, 0.5) is 0 Å². The Balaban J connectivity index is 2.25. The maximum absolute atomic E-state index is 12.5. The van der Waals surface area contributed by atoms with Gasteiger partial charge in [-0.05, 0) is 26.8 Å². The zero-order valence-electron chi connectivity index (χ0n) is 14.1. The third-order valence-corrected chi connectivity index (χ3v) is 3.73. The Morgan fingerprint density at radius 1 is 1.38 bits per heavy atom. The standard InChI is InChI=1S/C16H21N3O5/c1-9-7-12(11(3)19(9)14-8-10(2)24-18-14)15(20)17-13(16(21)22)5-6-23-4/h7-8,13H,5-6H2,1-4H3,(H,17,20)(H,21,22). The van der Waals surface area contributed by atoms with Crippen LogP contribution >= 0.6 is 0 Å². The number of carboxylic acids is 1. The zero-order chi connectivity index (χ0) is 17.9. The molecule has 2 aromatic rings. The van der Waals surface area contributed by atoms with Crippen LogP contribution in [0.1, 0.15) is 33.9 Å². The van der Waals surface area contributed by atoms with Crippen LogP contribution in [0.5, 0.6) is 0 Å². The summed E-state index contributed by atoms with van der Waals surface area (Å²) in [4.78, 5) is 23.7. The third kappa shape index (κ3) is 3.65. The van der Waals surface area contributed by atoms with E-state index in [1.807, 2.05) is 6.92 Å². The van der Waals surface area contributed by atoms with Gasteiger partial charge in [-0.3, -0.25) is 9.36 Å². The summed E-state index contributed by atoms with van der Waals surface area (Å²) in [6, 6.07) is 2.46. The van der Waals surface area contributed by atoms with Gasteiger partial charge in [0.2, 0.25) is 0 Å². The van der Waals surface area contributed by atoms with E-state index in [1.165, 1.54) is 7.11 Å². The summed E-state index contributed by atoms with van der Waals surface area (Å²) in [6.45, 7) is 5.64. The quantitative estimate of drug-likeness (QED) is 0.796. The van der Waals surface area contributed by atoms with Crippen LogP contribution in [0.3, 0.4) is 0 Å². The van der Waals surface area contributed by atoms with E-state index in [9.17, 15) is 14.7 Å². The molecule has 0 aliphatic rings. The number of hydrogen-bond acceptors (Lipinski definition) is 5. The smallest absolute Gasteiger partial charge is 0.326 e. The molecule has 0 aliphatic heterocycles. The molecular formula is C16H21N3O5. The molecule has 2 N–H and O–H groups in total. The molecule has 1 amide bonds. The lowest BCUT2D eigenvalue weighted by atomic mass is 10.1. The number of rotatable bonds is 7. The fourth-order valence-electron chi connectivity index (χ4n) is 2.53. The van der Waals surface area contributed by atoms with E-state index in [2.05, 4.69) is 10.5 Å². The van der Waals surface area contributed by atoms with Gasteiger partial charge in [0, 0.05) is 37.6 Å². The van der Waals surface area contributed by atoms with Crippen molar-refractivity contribution < 1.29 is 24.0 Å². The van der Waals surface area contributed by atoms with E-state index in [1.54, 1.807) is 30.5 Å². The van der Waals surface area contributed by atoms with Crippen LogP contribution in [-0.4, -0.2) is 46.5 Å². The Bertz CT molecular complexity index is 747. The van der Waals surface area contributed by atoms with Crippen molar-refractivity contribution in [3.8, 4) is 5.82 Å². The minimum Gasteiger partial charge on any atom is -0.480 e. The summed E-state index contributed by atoms with van der Waals surface area (Å²) >= 11 is 0. The lowest BCUT2D eigenvalue weighted by Gasteiger charge is -2.14. The van der Waals surface area contributed by atoms with Crippen molar-refractivity contribution in [3.63, 3.8) is 0 Å². The molecule has 1 unspecified atom stereocenters. The number of carboxylic acid groups (broad SMARTS) is 1. The average Bonchev–Trinajstić information content (AvgIpc) is 3.06. The monoisotopic (exact) mass is 335 g/mol. The Hall–Kier alpha value is -2.61. The van der Waals surface area contributed by atoms with Gasteiger partial charge < -0.3 is 19.7 Å². The van der Waals surface area contributed by atoms with Gasteiger partial charge in [0.1, 0.15) is 11.8 Å². The van der Waals surface area contributed by atoms with Crippen molar-refractivity contribution in [1.82, 2.24) is 15.0 Å². The normalized spacial score (nSPS) is 12.2. The van der Waals surface area contributed by atoms with Gasteiger partial charge in [-0.25, -0.2) is 4.79 Å². The maximum Gasteiger partial charge on any atom is 0.326 e. The maximum atomic E-state index is 12.5. The minimum absolute atomic E-state index is 0.193. The Morgan fingerprint density at radius 2 is 2.08 bits per heavy atom. The number of nitrogens with zero attached hydrogens (tertiary/aromatic N) is 2. The van der Waals surface area contributed by atoms with Gasteiger partial charge in [-0.1, -0.05) is 5.16 Å². The summed E-state index contributed by atoms with van der Waals surface area (Å²) in [6.07, 6.45) is 0.193. The first-order valence-electron chi connectivity index (χ1n) is 7.50. The van der Waals surface area contributed by atoms with Gasteiger partial charge in [0.05, 0.1) is 5.56 Å². The summed E-state index contributed by atoms with van der Waals surface area (Å²) in [7, 11) is 1.48. The molecule has 0 fully saturated rings. The molecule has 8 heteroatoms. The number of methoxy groups -OCH3 is 1. The number of nitrogens with one attached hydrogen (secondary N) is 1. The zero-order valence-corrected chi connectivity index (χ0v) is 14.1. The number of carbonyl (C=O) groups excluding carboxylic acids is 1. The summed E-state index contributed by atoms with van der Waals surface area (Å²) < 4.78 is 11.7. The highest BCUT2D eigenvalue weighted by atomic mass is 16.5. The van der Waals surface area contributed by atoms with Crippen molar-refractivity contribution in [2.75, 3.05) is 13.7 Å². The predicted molar refractivity (Wildman–Crippen MR) is 85.4 cm³/mol. The fourth-order valence-corrected chi connectivity index (χ4v) is 2.53. The van der Waals surface area contributed by atoms with Crippen molar-refractivity contribution in [2.24, 2.45) is 0 Å². The molecular weight excluding hydrogens is 314 g/mol. The highest BCUT2D eigenvalue weighted by Crippen LogP contribution is 2.20.